The van der Waals surface area contributed by atoms with E-state index >= 15 is 0 Å². The van der Waals surface area contributed by atoms with E-state index in [9.17, 15) is 19.2 Å². The van der Waals surface area contributed by atoms with E-state index in [0.29, 0.717) is 5.56 Å². The second kappa shape index (κ2) is 8.32. The highest BCUT2D eigenvalue weighted by Crippen LogP contribution is 2.12. The van der Waals surface area contributed by atoms with Crippen molar-refractivity contribution in [3.63, 3.8) is 0 Å². The molecular formula is C15H14O9. The Morgan fingerprint density at radius 3 is 1.92 bits per heavy atom. The van der Waals surface area contributed by atoms with Crippen molar-refractivity contribution in [1.29, 1.82) is 0 Å². The van der Waals surface area contributed by atoms with Crippen LogP contribution in [0.15, 0.2) is 30.3 Å². The number of benzene rings is 1. The van der Waals surface area contributed by atoms with E-state index in [4.69, 9.17) is 15.3 Å². The van der Waals surface area contributed by atoms with E-state index in [0.717, 1.165) is 13.0 Å². The van der Waals surface area contributed by atoms with E-state index in [1.54, 1.807) is 0 Å². The van der Waals surface area contributed by atoms with Gasteiger partial charge in [-0.25, -0.2) is 14.4 Å². The molecule has 0 aliphatic heterocycles. The van der Waals surface area contributed by atoms with Gasteiger partial charge in [0, 0.05) is 13.0 Å². The zero-order valence-electron chi connectivity index (χ0n) is 12.4. The van der Waals surface area contributed by atoms with Gasteiger partial charge in [0.05, 0.1) is 0 Å². The van der Waals surface area contributed by atoms with Gasteiger partial charge in [0.25, 0.3) is 0 Å². The van der Waals surface area contributed by atoms with Crippen LogP contribution >= 0.6 is 0 Å². The fourth-order valence-corrected chi connectivity index (χ4v) is 1.58. The summed E-state index contributed by atoms with van der Waals surface area (Å²) in [5, 5.41) is 27.0. The number of ether oxygens (including phenoxy) is 2. The van der Waals surface area contributed by atoms with Crippen LogP contribution in [0.25, 0.3) is 6.08 Å². The number of rotatable bonds is 7. The summed E-state index contributed by atoms with van der Waals surface area (Å²) in [5.74, 6) is -5.72. The number of phenolic OH excluding ortho intramolecular Hbond substituents is 1. The second-order valence-corrected chi connectivity index (χ2v) is 4.49. The summed E-state index contributed by atoms with van der Waals surface area (Å²) in [6.45, 7) is 0.890. The molecule has 0 bridgehead atoms. The summed E-state index contributed by atoms with van der Waals surface area (Å²) < 4.78 is 8.91. The Bertz CT molecular complexity index is 660. The molecule has 1 aromatic carbocycles. The lowest BCUT2D eigenvalue weighted by atomic mass is 10.2. The quantitative estimate of drug-likeness (QED) is 0.475. The maximum Gasteiger partial charge on any atom is 0.349 e. The second-order valence-electron chi connectivity index (χ2n) is 4.49. The first-order valence-corrected chi connectivity index (χ1v) is 6.51. The number of carbonyl (C=O) groups is 4. The third-order valence-corrected chi connectivity index (χ3v) is 2.60. The van der Waals surface area contributed by atoms with E-state index in [2.05, 4.69) is 9.47 Å². The Hall–Kier alpha value is -3.36. The SMILES string of the molecule is CC(=O)O[C@H](C(=O)O)[C@H](OC(=O)/C=C/c1ccc(O)cc1)C(=O)O. The summed E-state index contributed by atoms with van der Waals surface area (Å²) in [4.78, 5) is 44.6. The fraction of sp³-hybridized carbons (Fsp3) is 0.200. The van der Waals surface area contributed by atoms with E-state index < -0.39 is 36.1 Å². The van der Waals surface area contributed by atoms with Gasteiger partial charge >= 0.3 is 23.9 Å². The maximum absolute atomic E-state index is 11.7. The van der Waals surface area contributed by atoms with Crippen LogP contribution in [-0.2, 0) is 28.7 Å². The number of carboxylic acids is 2. The number of aromatic hydroxyl groups is 1. The van der Waals surface area contributed by atoms with Crippen LogP contribution in [0.1, 0.15) is 12.5 Å². The van der Waals surface area contributed by atoms with Crippen molar-refractivity contribution < 1.29 is 44.0 Å². The van der Waals surface area contributed by atoms with Crippen molar-refractivity contribution in [2.75, 3.05) is 0 Å². The molecule has 1 aromatic rings. The van der Waals surface area contributed by atoms with Gasteiger partial charge in [0.15, 0.2) is 0 Å². The fourth-order valence-electron chi connectivity index (χ4n) is 1.58. The number of esters is 2. The van der Waals surface area contributed by atoms with Crippen LogP contribution in [0.4, 0.5) is 0 Å². The average Bonchev–Trinajstić information content (AvgIpc) is 2.49. The number of hydrogen-bond acceptors (Lipinski definition) is 7. The molecule has 0 aromatic heterocycles. The smallest absolute Gasteiger partial charge is 0.349 e. The molecule has 0 amide bonds. The lowest BCUT2D eigenvalue weighted by Gasteiger charge is -2.19. The third-order valence-electron chi connectivity index (χ3n) is 2.60. The first kappa shape index (κ1) is 18.7. The molecule has 1 rings (SSSR count). The van der Waals surface area contributed by atoms with Crippen LogP contribution in [0.5, 0.6) is 5.75 Å². The zero-order chi connectivity index (χ0) is 18.3. The molecule has 0 heterocycles. The Morgan fingerprint density at radius 2 is 1.46 bits per heavy atom. The number of hydrogen-bond donors (Lipinski definition) is 3. The summed E-state index contributed by atoms with van der Waals surface area (Å²) >= 11 is 0. The molecule has 0 spiro atoms. The molecular weight excluding hydrogens is 324 g/mol. The molecule has 0 radical (unpaired) electrons. The van der Waals surface area contributed by atoms with Crippen molar-refractivity contribution in [3.8, 4) is 5.75 Å². The number of carboxylic acid groups (broad SMARTS) is 2. The predicted molar refractivity (Wildman–Crippen MR) is 77.8 cm³/mol. The lowest BCUT2D eigenvalue weighted by molar-refractivity contribution is -0.184. The standard InChI is InChI=1S/C15H14O9/c1-8(16)23-12(14(19)20)13(15(21)22)24-11(18)7-4-9-2-5-10(17)6-3-9/h2-7,12-13,17H,1H3,(H,19,20)(H,21,22)/b7-4+/t12-,13-/m0/s1. The summed E-state index contributed by atoms with van der Waals surface area (Å²) in [6.07, 6.45) is -2.24. The monoisotopic (exact) mass is 338 g/mol. The molecule has 0 saturated carbocycles. The molecule has 0 aliphatic rings. The molecule has 0 unspecified atom stereocenters. The molecule has 0 aliphatic carbocycles. The minimum atomic E-state index is -2.21. The zero-order valence-corrected chi connectivity index (χ0v) is 12.4. The van der Waals surface area contributed by atoms with E-state index in [-0.39, 0.29) is 5.75 Å². The lowest BCUT2D eigenvalue weighted by Crippen LogP contribution is -2.45. The van der Waals surface area contributed by atoms with Gasteiger partial charge in [-0.15, -0.1) is 0 Å². The van der Waals surface area contributed by atoms with Crippen LogP contribution in [-0.4, -0.2) is 51.4 Å². The van der Waals surface area contributed by atoms with Gasteiger partial charge in [-0.1, -0.05) is 12.1 Å². The van der Waals surface area contributed by atoms with Gasteiger partial charge in [0.1, 0.15) is 5.75 Å². The summed E-state index contributed by atoms with van der Waals surface area (Å²) in [5.41, 5.74) is 0.506. The molecule has 0 fully saturated rings. The van der Waals surface area contributed by atoms with Crippen molar-refractivity contribution in [2.24, 2.45) is 0 Å². The van der Waals surface area contributed by atoms with Crippen LogP contribution in [0, 0.1) is 0 Å². The first-order chi connectivity index (χ1) is 11.2. The third kappa shape index (κ3) is 5.79. The van der Waals surface area contributed by atoms with Crippen molar-refractivity contribution in [2.45, 2.75) is 19.1 Å². The Morgan fingerprint density at radius 1 is 0.958 bits per heavy atom. The predicted octanol–water partition coefficient (Wildman–Crippen LogP) is 0.418. The Balaban J connectivity index is 2.85. The number of aliphatic carboxylic acids is 2. The van der Waals surface area contributed by atoms with Crippen LogP contribution < -0.4 is 0 Å². The molecule has 9 nitrogen and oxygen atoms in total. The molecule has 3 N–H and O–H groups in total. The van der Waals surface area contributed by atoms with Gasteiger partial charge < -0.3 is 24.8 Å². The van der Waals surface area contributed by atoms with Crippen molar-refractivity contribution in [3.05, 3.63) is 35.9 Å². The molecule has 128 valence electrons. The van der Waals surface area contributed by atoms with Crippen molar-refractivity contribution in [1.82, 2.24) is 0 Å². The molecule has 2 atom stereocenters. The Labute approximate surface area is 135 Å². The van der Waals surface area contributed by atoms with Gasteiger partial charge in [0.2, 0.25) is 12.2 Å². The first-order valence-electron chi connectivity index (χ1n) is 6.51. The largest absolute Gasteiger partial charge is 0.508 e. The highest BCUT2D eigenvalue weighted by atomic mass is 16.6. The molecule has 24 heavy (non-hydrogen) atoms. The molecule has 9 heteroatoms. The number of phenols is 1. The normalized spacial score (nSPS) is 13.0. The summed E-state index contributed by atoms with van der Waals surface area (Å²) in [6, 6.07) is 5.69. The van der Waals surface area contributed by atoms with Crippen molar-refractivity contribution >= 4 is 30.0 Å². The minimum absolute atomic E-state index is 0.0198. The topological polar surface area (TPSA) is 147 Å². The Kier molecular flexibility index (Phi) is 6.48. The van der Waals surface area contributed by atoms with Crippen LogP contribution in [0.2, 0.25) is 0 Å². The van der Waals surface area contributed by atoms with E-state index in [1.165, 1.54) is 30.3 Å². The van der Waals surface area contributed by atoms with E-state index in [1.807, 2.05) is 0 Å². The highest BCUT2D eigenvalue weighted by Gasteiger charge is 2.39. The van der Waals surface area contributed by atoms with Gasteiger partial charge in [-0.05, 0) is 23.8 Å². The minimum Gasteiger partial charge on any atom is -0.508 e. The maximum atomic E-state index is 11.7. The number of carbonyl (C=O) groups excluding carboxylic acids is 2. The average molecular weight is 338 g/mol. The van der Waals surface area contributed by atoms with Gasteiger partial charge in [-0.3, -0.25) is 4.79 Å². The molecule has 0 saturated heterocycles. The van der Waals surface area contributed by atoms with Gasteiger partial charge in [-0.2, -0.15) is 0 Å². The highest BCUT2D eigenvalue weighted by molar-refractivity contribution is 5.91. The summed E-state index contributed by atoms with van der Waals surface area (Å²) in [7, 11) is 0. The van der Waals surface area contributed by atoms with Crippen LogP contribution in [0.3, 0.4) is 0 Å².